The highest BCUT2D eigenvalue weighted by Crippen LogP contribution is 2.44. The monoisotopic (exact) mass is 658 g/mol. The average molecular weight is 659 g/mol. The van der Waals surface area contributed by atoms with Gasteiger partial charge in [0, 0.05) is 12.3 Å². The zero-order valence-corrected chi connectivity index (χ0v) is 29.0. The van der Waals surface area contributed by atoms with Gasteiger partial charge in [-0.25, -0.2) is 0 Å². The van der Waals surface area contributed by atoms with E-state index in [4.69, 9.17) is 0 Å². The molecule has 0 amide bonds. The van der Waals surface area contributed by atoms with Gasteiger partial charge in [-0.1, -0.05) is 200 Å². The molecule has 47 heavy (non-hydrogen) atoms. The van der Waals surface area contributed by atoms with Crippen molar-refractivity contribution in [2.45, 2.75) is 12.3 Å². The summed E-state index contributed by atoms with van der Waals surface area (Å²) in [6.07, 6.45) is 2.02. The molecule has 7 rings (SSSR count). The molecular formula is C44H37P3. The Morgan fingerprint density at radius 2 is 0.511 bits per heavy atom. The lowest BCUT2D eigenvalue weighted by Crippen LogP contribution is -2.27. The molecule has 0 spiro atoms. The lowest BCUT2D eigenvalue weighted by molar-refractivity contribution is 1.43. The number of benzene rings is 7. The van der Waals surface area contributed by atoms with Crippen LogP contribution in [0.5, 0.6) is 0 Å². The summed E-state index contributed by atoms with van der Waals surface area (Å²) >= 11 is 0. The lowest BCUT2D eigenvalue weighted by Gasteiger charge is -2.28. The normalized spacial score (nSPS) is 11.3. The van der Waals surface area contributed by atoms with Crippen molar-refractivity contribution in [1.82, 2.24) is 0 Å². The standard InChI is InChI=1S/C44H37P3/c1-6-22-38(23-7-1)45(39-24-8-2-9-25-39)34-36-20-16-18-32-43(36)47(42-30-14-5-15-31-42)44-33-19-17-21-37(44)35-46(40-26-10-3-11-27-40)41-28-12-4-13-29-41/h1-33H,34-35H2. The third-order valence-corrected chi connectivity index (χ3v) is 16.1. The second-order valence-electron chi connectivity index (χ2n) is 11.4. The summed E-state index contributed by atoms with van der Waals surface area (Å²) in [5, 5.41) is 10.0. The first kappa shape index (κ1) is 31.4. The molecule has 0 unspecified atom stereocenters. The van der Waals surface area contributed by atoms with Gasteiger partial charge in [0.15, 0.2) is 0 Å². The Hall–Kier alpha value is -4.17. The van der Waals surface area contributed by atoms with Crippen molar-refractivity contribution in [3.05, 3.63) is 211 Å². The minimum Gasteiger partial charge on any atom is -0.0622 e. The molecule has 228 valence electrons. The van der Waals surface area contributed by atoms with Crippen LogP contribution in [0.15, 0.2) is 200 Å². The predicted octanol–water partition coefficient (Wildman–Crippen LogP) is 8.71. The first-order valence-corrected chi connectivity index (χ1v) is 20.5. The van der Waals surface area contributed by atoms with Crippen molar-refractivity contribution in [3.8, 4) is 0 Å². The van der Waals surface area contributed by atoms with Crippen LogP contribution in [0, 0.1) is 0 Å². The Morgan fingerprint density at radius 1 is 0.255 bits per heavy atom. The van der Waals surface area contributed by atoms with Crippen LogP contribution >= 0.6 is 23.8 Å². The minimum atomic E-state index is -0.804. The SMILES string of the molecule is c1ccc(P(Cc2ccccc2P(c2ccccc2)c2ccccc2CP(c2ccccc2)c2ccccc2)c2ccccc2)cc1. The summed E-state index contributed by atoms with van der Waals surface area (Å²) in [5.74, 6) is 0. The number of hydrogen-bond donors (Lipinski definition) is 0. The zero-order chi connectivity index (χ0) is 31.7. The maximum Gasteiger partial charge on any atom is 0.00140 e. The van der Waals surface area contributed by atoms with Gasteiger partial charge in [0.1, 0.15) is 0 Å². The Morgan fingerprint density at radius 3 is 0.830 bits per heavy atom. The van der Waals surface area contributed by atoms with Gasteiger partial charge in [-0.05, 0) is 72.0 Å². The van der Waals surface area contributed by atoms with Crippen LogP contribution in [-0.4, -0.2) is 0 Å². The van der Waals surface area contributed by atoms with E-state index in [1.807, 2.05) is 0 Å². The summed E-state index contributed by atoms with van der Waals surface area (Å²) in [6, 6.07) is 74.3. The van der Waals surface area contributed by atoms with Crippen LogP contribution in [0.3, 0.4) is 0 Å². The molecule has 0 saturated carbocycles. The minimum absolute atomic E-state index is 0.575. The highest BCUT2D eigenvalue weighted by Gasteiger charge is 2.25. The number of hydrogen-bond acceptors (Lipinski definition) is 0. The van der Waals surface area contributed by atoms with E-state index in [0.717, 1.165) is 12.3 Å². The van der Waals surface area contributed by atoms with Gasteiger partial charge in [-0.15, -0.1) is 0 Å². The van der Waals surface area contributed by atoms with Gasteiger partial charge >= 0.3 is 0 Å². The first-order valence-electron chi connectivity index (χ1n) is 16.1. The van der Waals surface area contributed by atoms with Crippen LogP contribution in [0.1, 0.15) is 11.1 Å². The lowest BCUT2D eigenvalue weighted by atomic mass is 10.2. The van der Waals surface area contributed by atoms with Crippen LogP contribution < -0.4 is 37.1 Å². The van der Waals surface area contributed by atoms with Crippen molar-refractivity contribution >= 4 is 60.9 Å². The zero-order valence-electron chi connectivity index (χ0n) is 26.3. The van der Waals surface area contributed by atoms with Gasteiger partial charge in [0.05, 0.1) is 0 Å². The summed E-state index contributed by atoms with van der Waals surface area (Å²) in [5.41, 5.74) is 2.90. The predicted molar refractivity (Wildman–Crippen MR) is 211 cm³/mol. The molecule has 3 heteroatoms. The van der Waals surface area contributed by atoms with E-state index in [9.17, 15) is 0 Å². The van der Waals surface area contributed by atoms with Crippen molar-refractivity contribution in [3.63, 3.8) is 0 Å². The fourth-order valence-electron chi connectivity index (χ4n) is 6.15. The molecule has 0 heterocycles. The molecule has 0 aliphatic carbocycles. The molecule has 0 N–H and O–H groups in total. The molecule has 0 aromatic heterocycles. The molecule has 7 aromatic rings. The topological polar surface area (TPSA) is 0 Å². The summed E-state index contributed by atoms with van der Waals surface area (Å²) in [4.78, 5) is 0. The molecule has 0 aliphatic rings. The Bertz CT molecular complexity index is 1770. The van der Waals surface area contributed by atoms with E-state index >= 15 is 0 Å². The second-order valence-corrected chi connectivity index (χ2v) is 18.0. The molecule has 0 atom stereocenters. The average Bonchev–Trinajstić information content (AvgIpc) is 3.16. The van der Waals surface area contributed by atoms with Gasteiger partial charge in [-0.3, -0.25) is 0 Å². The fourth-order valence-corrected chi connectivity index (χ4v) is 13.7. The molecular weight excluding hydrogens is 621 g/mol. The van der Waals surface area contributed by atoms with Crippen molar-refractivity contribution < 1.29 is 0 Å². The highest BCUT2D eigenvalue weighted by atomic mass is 31.1. The molecule has 0 aliphatic heterocycles. The summed E-state index contributed by atoms with van der Waals surface area (Å²) < 4.78 is 0. The molecule has 0 nitrogen and oxygen atoms in total. The van der Waals surface area contributed by atoms with Crippen molar-refractivity contribution in [1.29, 1.82) is 0 Å². The van der Waals surface area contributed by atoms with Gasteiger partial charge in [0.2, 0.25) is 0 Å². The van der Waals surface area contributed by atoms with Crippen LogP contribution in [-0.2, 0) is 12.3 Å². The molecule has 0 fully saturated rings. The Kier molecular flexibility index (Phi) is 10.4. The third kappa shape index (κ3) is 7.54. The van der Waals surface area contributed by atoms with Crippen LogP contribution in [0.25, 0.3) is 0 Å². The third-order valence-electron chi connectivity index (χ3n) is 8.41. The van der Waals surface area contributed by atoms with Crippen LogP contribution in [0.4, 0.5) is 0 Å². The van der Waals surface area contributed by atoms with E-state index in [0.29, 0.717) is 0 Å². The fraction of sp³-hybridized carbons (Fsp3) is 0.0455. The maximum atomic E-state index is 2.41. The molecule has 0 radical (unpaired) electrons. The first-order chi connectivity index (χ1) is 23.3. The van der Waals surface area contributed by atoms with E-state index in [1.165, 1.54) is 48.3 Å². The Labute approximate surface area is 283 Å². The smallest absolute Gasteiger partial charge is 0.00140 e. The summed E-state index contributed by atoms with van der Waals surface area (Å²) in [6.45, 7) is 0. The van der Waals surface area contributed by atoms with E-state index < -0.39 is 23.8 Å². The van der Waals surface area contributed by atoms with Gasteiger partial charge < -0.3 is 0 Å². The molecule has 0 bridgehead atoms. The van der Waals surface area contributed by atoms with Gasteiger partial charge in [-0.2, -0.15) is 0 Å². The molecule has 0 saturated heterocycles. The highest BCUT2D eigenvalue weighted by molar-refractivity contribution is 7.80. The van der Waals surface area contributed by atoms with Crippen LogP contribution in [0.2, 0.25) is 0 Å². The number of rotatable bonds is 11. The van der Waals surface area contributed by atoms with Crippen molar-refractivity contribution in [2.75, 3.05) is 0 Å². The van der Waals surface area contributed by atoms with Crippen molar-refractivity contribution in [2.24, 2.45) is 0 Å². The second kappa shape index (κ2) is 15.6. The van der Waals surface area contributed by atoms with Gasteiger partial charge in [0.25, 0.3) is 0 Å². The Balaban J connectivity index is 1.35. The molecule has 7 aromatic carbocycles. The summed E-state index contributed by atoms with van der Waals surface area (Å²) in [7, 11) is -1.95. The van der Waals surface area contributed by atoms with E-state index in [2.05, 4.69) is 200 Å². The quantitative estimate of drug-likeness (QED) is 0.122. The maximum absolute atomic E-state index is 2.41. The van der Waals surface area contributed by atoms with E-state index in [1.54, 1.807) is 0 Å². The largest absolute Gasteiger partial charge is 0.0622 e. The van der Waals surface area contributed by atoms with E-state index in [-0.39, 0.29) is 0 Å².